The van der Waals surface area contributed by atoms with Crippen LogP contribution < -0.4 is 0 Å². The zero-order valence-electron chi connectivity index (χ0n) is 2.26. The quantitative estimate of drug-likeness (QED) is 0.433. The van der Waals surface area contributed by atoms with Gasteiger partial charge in [0.25, 0.3) is 0 Å². The molecule has 0 aromatic heterocycles. The molecule has 0 spiro atoms. The molecular formula is CH6BaO2S. The summed E-state index contributed by atoms with van der Waals surface area (Å²) < 4.78 is 13.0. The Morgan fingerprint density at radius 1 is 1.80 bits per heavy atom. The van der Waals surface area contributed by atoms with Crippen LogP contribution in [0.1, 0.15) is 0 Å². The molecular weight excluding hydrogens is 213 g/mol. The molecule has 4 heteroatoms. The Morgan fingerprint density at radius 3 is 2.00 bits per heavy atom. The Bertz CT molecular complexity index is 23.6. The van der Waals surface area contributed by atoms with Crippen molar-refractivity contribution in [3.05, 3.63) is 0 Å². The Kier molecular flexibility index (Phi) is 18.1. The predicted octanol–water partition coefficient (Wildman–Crippen LogP) is -1.42. The van der Waals surface area contributed by atoms with Crippen LogP contribution in [0.5, 0.6) is 0 Å². The van der Waals surface area contributed by atoms with Crippen LogP contribution in [-0.2, 0) is 16.1 Å². The van der Waals surface area contributed by atoms with Crippen molar-refractivity contribution in [2.45, 2.75) is 0 Å². The van der Waals surface area contributed by atoms with Gasteiger partial charge >= 0.3 is 48.9 Å². The minimum atomic E-state index is -0.252. The molecule has 0 aromatic carbocycles. The first-order valence-electron chi connectivity index (χ1n) is 0.773. The topological polar surface area (TPSA) is 26.3 Å². The predicted molar refractivity (Wildman–Crippen MR) is 25.1 cm³/mol. The third-order valence-electron chi connectivity index (χ3n) is 0.0745. The second kappa shape index (κ2) is 9.19. The van der Waals surface area contributed by atoms with Gasteiger partial charge in [0.05, 0.1) is 7.11 Å². The van der Waals surface area contributed by atoms with Gasteiger partial charge in [0.1, 0.15) is 11.9 Å². The van der Waals surface area contributed by atoms with Gasteiger partial charge in [-0.15, -0.1) is 0 Å². The fraction of sp³-hybridized carbons (Fsp3) is 1.00. The molecule has 0 saturated heterocycles. The van der Waals surface area contributed by atoms with Crippen molar-refractivity contribution in [1.82, 2.24) is 0 Å². The Labute approximate surface area is 75.0 Å². The van der Waals surface area contributed by atoms with E-state index < -0.39 is 0 Å². The van der Waals surface area contributed by atoms with Crippen LogP contribution in [0.15, 0.2) is 0 Å². The maximum atomic E-state index is 9.05. The van der Waals surface area contributed by atoms with Gasteiger partial charge in [-0.3, -0.25) is 4.18 Å². The fourth-order valence-electron chi connectivity index (χ4n) is 0. The van der Waals surface area contributed by atoms with Gasteiger partial charge in [-0.05, 0) is 0 Å². The molecule has 0 aliphatic heterocycles. The van der Waals surface area contributed by atoms with Crippen molar-refractivity contribution in [2.24, 2.45) is 0 Å². The molecule has 0 amide bonds. The first-order valence-corrected chi connectivity index (χ1v) is 1.50. The summed E-state index contributed by atoms with van der Waals surface area (Å²) in [5, 5.41) is 0. The first-order chi connectivity index (χ1) is 1.91. The van der Waals surface area contributed by atoms with Gasteiger partial charge in [0.2, 0.25) is 0 Å². The summed E-state index contributed by atoms with van der Waals surface area (Å²) in [6.45, 7) is 0. The second-order valence-electron chi connectivity index (χ2n) is 0.257. The van der Waals surface area contributed by atoms with Gasteiger partial charge < -0.3 is 0 Å². The number of hydrogen-bond acceptors (Lipinski definition) is 2. The molecule has 0 N–H and O–H groups in total. The zero-order valence-corrected chi connectivity index (χ0v) is 3.16. The Hall–Kier alpha value is 1.68. The molecule has 0 fully saturated rings. The summed E-state index contributed by atoms with van der Waals surface area (Å²) in [5.74, 6) is 0. The van der Waals surface area contributed by atoms with Crippen LogP contribution in [0, 0.1) is 0 Å². The van der Waals surface area contributed by atoms with Crippen LogP contribution in [0.3, 0.4) is 0 Å². The molecule has 0 radical (unpaired) electrons. The van der Waals surface area contributed by atoms with E-state index in [2.05, 4.69) is 4.18 Å². The van der Waals surface area contributed by atoms with Crippen LogP contribution in [0.25, 0.3) is 0 Å². The van der Waals surface area contributed by atoms with Crippen LogP contribution in [-0.4, -0.2) is 60.2 Å². The summed E-state index contributed by atoms with van der Waals surface area (Å²) >= 11 is -0.252. The molecule has 0 bridgehead atoms. The van der Waals surface area contributed by atoms with Crippen LogP contribution in [0.4, 0.5) is 0 Å². The molecule has 2 nitrogen and oxygen atoms in total. The number of rotatable bonds is 1. The molecule has 0 rings (SSSR count). The summed E-state index contributed by atoms with van der Waals surface area (Å²) in [4.78, 5) is 0. The van der Waals surface area contributed by atoms with Gasteiger partial charge in [0.15, 0.2) is 0 Å². The van der Waals surface area contributed by atoms with Gasteiger partial charge in [-0.2, -0.15) is 0 Å². The molecule has 5 heavy (non-hydrogen) atoms. The average molecular weight is 219 g/mol. The standard InChI is InChI=1S/CH4O2S.Ba.2H/c1-3-4-2;;;/h4H,1H3;;;. The summed E-state index contributed by atoms with van der Waals surface area (Å²) in [6, 6.07) is 0. The third-order valence-corrected chi connectivity index (χ3v) is 0.224. The molecule has 30 valence electrons. The molecule has 0 aliphatic carbocycles. The number of thiol groups is 1. The third kappa shape index (κ3) is 10.7. The Balaban J connectivity index is 0. The monoisotopic (exact) mass is 220 g/mol. The van der Waals surface area contributed by atoms with Crippen molar-refractivity contribution in [2.75, 3.05) is 7.11 Å². The fourth-order valence-corrected chi connectivity index (χ4v) is 0. The SMILES string of the molecule is CO[SH]=O.[BaH2]. The second-order valence-corrected chi connectivity index (χ2v) is 0.771. The minimum absolute atomic E-state index is 0. The average Bonchev–Trinajstić information content (AvgIpc) is 1.37. The summed E-state index contributed by atoms with van der Waals surface area (Å²) in [5.41, 5.74) is 0. The van der Waals surface area contributed by atoms with Crippen LogP contribution >= 0.6 is 0 Å². The van der Waals surface area contributed by atoms with Crippen molar-refractivity contribution < 1.29 is 8.39 Å². The van der Waals surface area contributed by atoms with E-state index >= 15 is 0 Å². The van der Waals surface area contributed by atoms with Gasteiger partial charge in [0, 0.05) is 0 Å². The van der Waals surface area contributed by atoms with E-state index in [1.165, 1.54) is 7.11 Å². The first kappa shape index (κ1) is 9.84. The summed E-state index contributed by atoms with van der Waals surface area (Å²) in [6.07, 6.45) is 0. The van der Waals surface area contributed by atoms with Crippen molar-refractivity contribution in [3.63, 3.8) is 0 Å². The Morgan fingerprint density at radius 2 is 2.00 bits per heavy atom. The van der Waals surface area contributed by atoms with Crippen molar-refractivity contribution in [1.29, 1.82) is 0 Å². The van der Waals surface area contributed by atoms with E-state index in [0.29, 0.717) is 0 Å². The van der Waals surface area contributed by atoms with E-state index in [9.17, 15) is 0 Å². The van der Waals surface area contributed by atoms with Gasteiger partial charge in [-0.1, -0.05) is 0 Å². The van der Waals surface area contributed by atoms with E-state index in [-0.39, 0.29) is 60.8 Å². The van der Waals surface area contributed by atoms with Crippen molar-refractivity contribution >= 4 is 60.8 Å². The molecule has 0 saturated carbocycles. The van der Waals surface area contributed by atoms with E-state index in [4.69, 9.17) is 4.21 Å². The molecule has 0 aliphatic rings. The maximum absolute atomic E-state index is 9.05. The van der Waals surface area contributed by atoms with E-state index in [1.807, 2.05) is 0 Å². The van der Waals surface area contributed by atoms with Gasteiger partial charge in [-0.25, -0.2) is 4.21 Å². The molecule has 0 atom stereocenters. The normalized spacial score (nSPS) is 5.80. The van der Waals surface area contributed by atoms with E-state index in [0.717, 1.165) is 0 Å². The molecule has 0 heterocycles. The van der Waals surface area contributed by atoms with Crippen molar-refractivity contribution in [3.8, 4) is 0 Å². The molecule has 0 aromatic rings. The summed E-state index contributed by atoms with van der Waals surface area (Å²) in [7, 11) is 1.36. The number of hydrogen-bond donors (Lipinski definition) is 1. The van der Waals surface area contributed by atoms with E-state index in [1.54, 1.807) is 0 Å². The molecule has 0 unspecified atom stereocenters. The zero-order chi connectivity index (χ0) is 3.41. The van der Waals surface area contributed by atoms with Crippen LogP contribution in [0.2, 0.25) is 0 Å².